The summed E-state index contributed by atoms with van der Waals surface area (Å²) in [5, 5.41) is 9.27. The number of ether oxygens (including phenoxy) is 4. The summed E-state index contributed by atoms with van der Waals surface area (Å²) < 4.78 is 51.4. The first-order chi connectivity index (χ1) is 22.0. The number of carbonyl (C=O) groups is 1. The van der Waals surface area contributed by atoms with E-state index < -0.39 is 63.4 Å². The van der Waals surface area contributed by atoms with E-state index in [1.54, 1.807) is 4.57 Å². The minimum Gasteiger partial charge on any atom is -0.481 e. The highest BCUT2D eigenvalue weighted by atomic mass is 31.2. The van der Waals surface area contributed by atoms with Crippen LogP contribution in [-0.4, -0.2) is 106 Å². The van der Waals surface area contributed by atoms with E-state index in [9.17, 15) is 19.4 Å². The zero-order valence-electron chi connectivity index (χ0n) is 24.9. The molecule has 6 N–H and O–H groups in total. The van der Waals surface area contributed by atoms with E-state index in [1.165, 1.54) is 44.1 Å². The minimum absolute atomic E-state index is 0.0226. The summed E-state index contributed by atoms with van der Waals surface area (Å²) in [6, 6.07) is 0. The summed E-state index contributed by atoms with van der Waals surface area (Å²) in [7, 11) is -2.01. The van der Waals surface area contributed by atoms with E-state index in [1.807, 2.05) is 6.92 Å². The molecule has 0 saturated carbocycles. The van der Waals surface area contributed by atoms with E-state index in [0.29, 0.717) is 11.2 Å². The Morgan fingerprint density at radius 3 is 2.02 bits per heavy atom. The molecule has 0 spiro atoms. The van der Waals surface area contributed by atoms with Crippen LogP contribution in [0.4, 0.5) is 11.6 Å². The molecular formula is C25H33N10O10P. The molecule has 46 heavy (non-hydrogen) atoms. The van der Waals surface area contributed by atoms with Crippen LogP contribution in [0.15, 0.2) is 25.3 Å². The molecule has 0 bridgehead atoms. The maximum Gasteiger partial charge on any atom is 0.472 e. The summed E-state index contributed by atoms with van der Waals surface area (Å²) in [5.74, 6) is -1.00. The topological polar surface area (TPSA) is 269 Å². The number of phosphoric ester groups is 1. The smallest absolute Gasteiger partial charge is 0.472 e. The molecule has 0 amide bonds. The fourth-order valence-electron chi connectivity index (χ4n) is 5.99. The van der Waals surface area contributed by atoms with Crippen molar-refractivity contribution in [1.82, 2.24) is 39.0 Å². The Kier molecular flexibility index (Phi) is 8.87. The van der Waals surface area contributed by atoms with Crippen molar-refractivity contribution >= 4 is 47.8 Å². The Hall–Kier alpha value is -3.88. The lowest BCUT2D eigenvalue weighted by Crippen LogP contribution is -2.36. The Balaban J connectivity index is 1.22. The molecule has 4 aromatic heterocycles. The predicted molar refractivity (Wildman–Crippen MR) is 156 cm³/mol. The maximum absolute atomic E-state index is 13.5. The highest BCUT2D eigenvalue weighted by Crippen LogP contribution is 2.51. The molecule has 20 nitrogen and oxygen atoms in total. The van der Waals surface area contributed by atoms with Crippen LogP contribution in [0.25, 0.3) is 22.3 Å². The van der Waals surface area contributed by atoms with E-state index in [-0.39, 0.29) is 41.6 Å². The number of imidazole rings is 2. The van der Waals surface area contributed by atoms with Gasteiger partial charge in [-0.05, 0) is 6.42 Å². The van der Waals surface area contributed by atoms with Crippen molar-refractivity contribution in [3.8, 4) is 0 Å². The highest BCUT2D eigenvalue weighted by molar-refractivity contribution is 7.47. The van der Waals surface area contributed by atoms with Crippen molar-refractivity contribution in [1.29, 1.82) is 0 Å². The van der Waals surface area contributed by atoms with E-state index >= 15 is 0 Å². The number of carboxylic acids is 1. The van der Waals surface area contributed by atoms with Crippen LogP contribution < -0.4 is 11.5 Å². The molecule has 2 saturated heterocycles. The van der Waals surface area contributed by atoms with Crippen LogP contribution >= 0.6 is 7.82 Å². The Bertz CT molecular complexity index is 1770. The summed E-state index contributed by atoms with van der Waals surface area (Å²) in [4.78, 5) is 47.2. The summed E-state index contributed by atoms with van der Waals surface area (Å²) in [5.41, 5.74) is 13.3. The number of rotatable bonds is 12. The standard InChI is InChI=1S/C25H33N10O10P/c1-11-17(40-2)13(44-24(11)34-9-32-15-20(26)28-7-30-22(15)34)6-42-46(38,39)45-19-18(41-3)12(4-5-14(36)37)43-25(19)35-10-33-16-21(27)29-8-31-23(16)35/h7-13,17-19,24-25H,4-6H2,1-3H3,(H,36,37)(H,38,39)(H2,26,28,30)(H2,27,29,31). The quantitative estimate of drug-likeness (QED) is 0.151. The molecule has 9 unspecified atom stereocenters. The van der Waals surface area contributed by atoms with Crippen LogP contribution in [0, 0.1) is 5.92 Å². The van der Waals surface area contributed by atoms with Gasteiger partial charge in [0.25, 0.3) is 0 Å². The van der Waals surface area contributed by atoms with Gasteiger partial charge in [-0.1, -0.05) is 6.92 Å². The number of phosphoric acid groups is 1. The van der Waals surface area contributed by atoms with E-state index in [4.69, 9.17) is 39.5 Å². The molecule has 9 atom stereocenters. The second-order valence-corrected chi connectivity index (χ2v) is 12.2. The molecule has 248 valence electrons. The van der Waals surface area contributed by atoms with Crippen molar-refractivity contribution in [2.24, 2.45) is 5.92 Å². The third kappa shape index (κ3) is 5.89. The van der Waals surface area contributed by atoms with Gasteiger partial charge in [0.2, 0.25) is 0 Å². The number of hydrogen-bond acceptors (Lipinski definition) is 16. The largest absolute Gasteiger partial charge is 0.481 e. The van der Waals surface area contributed by atoms with Crippen LogP contribution in [0.1, 0.15) is 32.2 Å². The normalized spacial score (nSPS) is 29.5. The molecule has 0 aromatic carbocycles. The zero-order chi connectivity index (χ0) is 32.7. The Morgan fingerprint density at radius 2 is 1.46 bits per heavy atom. The summed E-state index contributed by atoms with van der Waals surface area (Å²) in [6.45, 7) is 1.49. The number of fused-ring (bicyclic) bond motifs is 2. The molecule has 4 aromatic rings. The third-order valence-corrected chi connectivity index (χ3v) is 9.09. The number of aromatic nitrogens is 8. The van der Waals surface area contributed by atoms with E-state index in [2.05, 4.69) is 29.9 Å². The fraction of sp³-hybridized carbons (Fsp3) is 0.560. The van der Waals surface area contributed by atoms with Gasteiger partial charge in [0.1, 0.15) is 48.2 Å². The Morgan fingerprint density at radius 1 is 0.891 bits per heavy atom. The van der Waals surface area contributed by atoms with Gasteiger partial charge in [-0.15, -0.1) is 0 Å². The van der Waals surface area contributed by atoms with Gasteiger partial charge in [-0.25, -0.2) is 34.5 Å². The third-order valence-electron chi connectivity index (χ3n) is 8.10. The van der Waals surface area contributed by atoms with Crippen LogP contribution in [-0.2, 0) is 37.4 Å². The van der Waals surface area contributed by atoms with Gasteiger partial charge in [0.05, 0.1) is 31.5 Å². The van der Waals surface area contributed by atoms with Crippen molar-refractivity contribution in [3.05, 3.63) is 25.3 Å². The van der Waals surface area contributed by atoms with Crippen molar-refractivity contribution in [2.45, 2.75) is 62.7 Å². The lowest BCUT2D eigenvalue weighted by Gasteiger charge is -2.26. The van der Waals surface area contributed by atoms with Gasteiger partial charge >= 0.3 is 13.8 Å². The van der Waals surface area contributed by atoms with Gasteiger partial charge in [-0.3, -0.25) is 23.0 Å². The number of methoxy groups -OCH3 is 2. The molecular weight excluding hydrogens is 631 g/mol. The average Bonchev–Trinajstić information content (AvgIpc) is 3.78. The van der Waals surface area contributed by atoms with Gasteiger partial charge < -0.3 is 40.4 Å². The monoisotopic (exact) mass is 664 g/mol. The lowest BCUT2D eigenvalue weighted by molar-refractivity contribution is -0.138. The molecule has 2 fully saturated rings. The van der Waals surface area contributed by atoms with Crippen molar-refractivity contribution < 1.29 is 47.4 Å². The number of nitrogens with zero attached hydrogens (tertiary/aromatic N) is 8. The number of nitrogen functional groups attached to an aromatic ring is 2. The summed E-state index contributed by atoms with van der Waals surface area (Å²) in [6.07, 6.45) is -1.00. The first-order valence-electron chi connectivity index (χ1n) is 14.1. The Labute approximate surface area is 260 Å². The SMILES string of the molecule is COC1C(COP(=O)(O)OC2C(OC)C(CCC(=O)O)OC2n2cnc3c(N)ncnc32)OC(n2cnc3c(N)ncnc32)C1C. The first kappa shape index (κ1) is 32.1. The van der Waals surface area contributed by atoms with Crippen molar-refractivity contribution in [3.63, 3.8) is 0 Å². The van der Waals surface area contributed by atoms with Crippen molar-refractivity contribution in [2.75, 3.05) is 32.3 Å². The number of anilines is 2. The molecule has 2 aliphatic heterocycles. The molecule has 6 rings (SSSR count). The van der Waals surface area contributed by atoms with Gasteiger partial charge in [0, 0.05) is 26.6 Å². The highest BCUT2D eigenvalue weighted by Gasteiger charge is 2.51. The molecule has 2 aliphatic rings. The second-order valence-electron chi connectivity index (χ2n) is 10.8. The molecule has 0 aliphatic carbocycles. The molecule has 0 radical (unpaired) electrons. The lowest BCUT2D eigenvalue weighted by atomic mass is 10.0. The number of nitrogens with two attached hydrogens (primary N) is 2. The average molecular weight is 665 g/mol. The molecule has 21 heteroatoms. The number of hydrogen-bond donors (Lipinski definition) is 4. The van der Waals surface area contributed by atoms with Gasteiger partial charge in [-0.2, -0.15) is 0 Å². The number of carboxylic acid groups (broad SMARTS) is 1. The minimum atomic E-state index is -4.86. The predicted octanol–water partition coefficient (Wildman–Crippen LogP) is 0.659. The first-order valence-corrected chi connectivity index (χ1v) is 15.6. The van der Waals surface area contributed by atoms with E-state index in [0.717, 1.165) is 0 Å². The zero-order valence-corrected chi connectivity index (χ0v) is 25.8. The van der Waals surface area contributed by atoms with Crippen LogP contribution in [0.3, 0.4) is 0 Å². The second kappa shape index (κ2) is 12.7. The fourth-order valence-corrected chi connectivity index (χ4v) is 6.92. The maximum atomic E-state index is 13.5. The van der Waals surface area contributed by atoms with Gasteiger partial charge in [0.15, 0.2) is 29.2 Å². The van der Waals surface area contributed by atoms with Crippen LogP contribution in [0.2, 0.25) is 0 Å². The molecule has 6 heterocycles. The van der Waals surface area contributed by atoms with Crippen LogP contribution in [0.5, 0.6) is 0 Å². The summed E-state index contributed by atoms with van der Waals surface area (Å²) >= 11 is 0. The number of aliphatic carboxylic acids is 1.